The summed E-state index contributed by atoms with van der Waals surface area (Å²) in [6, 6.07) is 6.31. The van der Waals surface area contributed by atoms with Crippen LogP contribution >= 0.6 is 0 Å². The van der Waals surface area contributed by atoms with Crippen LogP contribution in [-0.2, 0) is 4.79 Å². The summed E-state index contributed by atoms with van der Waals surface area (Å²) in [7, 11) is 0. The maximum Gasteiger partial charge on any atom is 0.308 e. The highest BCUT2D eigenvalue weighted by Crippen LogP contribution is 2.23. The van der Waals surface area contributed by atoms with E-state index in [2.05, 4.69) is 4.74 Å². The molecule has 0 bridgehead atoms. The molecular weight excluding hydrogens is 144 g/mol. The number of rotatable bonds is 1. The van der Waals surface area contributed by atoms with E-state index in [1.165, 1.54) is 19.1 Å². The first-order valence-electron chi connectivity index (χ1n) is 3.16. The molecule has 0 aliphatic rings. The van der Waals surface area contributed by atoms with Crippen molar-refractivity contribution in [2.75, 3.05) is 0 Å². The van der Waals surface area contributed by atoms with Gasteiger partial charge in [0.2, 0.25) is 0 Å². The fourth-order valence-corrected chi connectivity index (χ4v) is 0.698. The minimum Gasteiger partial charge on any atom is -0.504 e. The molecule has 58 valence electrons. The third-order valence-corrected chi connectivity index (χ3v) is 1.12. The maximum absolute atomic E-state index is 10.4. The number of ether oxygens (including phenoxy) is 1. The van der Waals surface area contributed by atoms with Crippen LogP contribution in [0.15, 0.2) is 24.3 Å². The van der Waals surface area contributed by atoms with Crippen molar-refractivity contribution in [2.24, 2.45) is 0 Å². The van der Waals surface area contributed by atoms with E-state index >= 15 is 0 Å². The lowest BCUT2D eigenvalue weighted by Crippen LogP contribution is -2.00. The Bertz CT molecular complexity index is 268. The summed E-state index contributed by atoms with van der Waals surface area (Å²) in [6.45, 7) is 1.28. The van der Waals surface area contributed by atoms with Crippen LogP contribution in [0.5, 0.6) is 11.5 Å². The van der Waals surface area contributed by atoms with E-state index in [1.54, 1.807) is 12.1 Å². The number of carbonyl (C=O) groups excluding carboxylic acids is 1. The Morgan fingerprint density at radius 2 is 2.09 bits per heavy atom. The van der Waals surface area contributed by atoms with Crippen LogP contribution in [-0.4, -0.2) is 11.1 Å². The van der Waals surface area contributed by atoms with Crippen molar-refractivity contribution >= 4 is 5.97 Å². The minimum absolute atomic E-state index is 0.0253. The molecule has 0 spiro atoms. The molecule has 0 saturated heterocycles. The van der Waals surface area contributed by atoms with E-state index in [0.29, 0.717) is 0 Å². The average Bonchev–Trinajstić information content (AvgIpc) is 1.93. The van der Waals surface area contributed by atoms with Crippen LogP contribution in [0.3, 0.4) is 0 Å². The molecule has 1 aromatic carbocycles. The van der Waals surface area contributed by atoms with Gasteiger partial charge >= 0.3 is 5.97 Å². The largest absolute Gasteiger partial charge is 0.504 e. The number of hydrogen-bond donors (Lipinski definition) is 1. The molecule has 0 aliphatic carbocycles. The number of phenols is 1. The molecule has 11 heavy (non-hydrogen) atoms. The van der Waals surface area contributed by atoms with Gasteiger partial charge in [-0.15, -0.1) is 0 Å². The summed E-state index contributed by atoms with van der Waals surface area (Å²) in [5, 5.41) is 9.08. The zero-order valence-electron chi connectivity index (χ0n) is 6.07. The highest BCUT2D eigenvalue weighted by Gasteiger charge is 2.01. The fraction of sp³-hybridized carbons (Fsp3) is 0.125. The smallest absolute Gasteiger partial charge is 0.308 e. The quantitative estimate of drug-likeness (QED) is 0.487. The number of benzene rings is 1. The third kappa shape index (κ3) is 1.97. The molecule has 3 nitrogen and oxygen atoms in total. The molecule has 1 rings (SSSR count). The van der Waals surface area contributed by atoms with Crippen LogP contribution in [0.2, 0.25) is 0 Å². The topological polar surface area (TPSA) is 46.5 Å². The third-order valence-electron chi connectivity index (χ3n) is 1.12. The van der Waals surface area contributed by atoms with E-state index in [1.807, 2.05) is 0 Å². The zero-order chi connectivity index (χ0) is 8.27. The summed E-state index contributed by atoms with van der Waals surface area (Å²) in [5.41, 5.74) is 0. The van der Waals surface area contributed by atoms with Gasteiger partial charge in [0.05, 0.1) is 0 Å². The van der Waals surface area contributed by atoms with Crippen molar-refractivity contribution in [1.82, 2.24) is 0 Å². The second-order valence-electron chi connectivity index (χ2n) is 2.06. The van der Waals surface area contributed by atoms with Crippen molar-refractivity contribution in [1.29, 1.82) is 0 Å². The van der Waals surface area contributed by atoms with Gasteiger partial charge in [-0.3, -0.25) is 4.79 Å². The van der Waals surface area contributed by atoms with E-state index in [4.69, 9.17) is 5.11 Å². The van der Waals surface area contributed by atoms with Crippen molar-refractivity contribution in [3.63, 3.8) is 0 Å². The molecule has 0 saturated carbocycles. The molecule has 0 unspecified atom stereocenters. The summed E-state index contributed by atoms with van der Waals surface area (Å²) in [5.74, 6) is -0.269. The highest BCUT2D eigenvalue weighted by molar-refractivity contribution is 5.70. The Morgan fingerprint density at radius 3 is 2.64 bits per heavy atom. The number of esters is 1. The molecule has 0 fully saturated rings. The van der Waals surface area contributed by atoms with Crippen LogP contribution in [0, 0.1) is 0 Å². The van der Waals surface area contributed by atoms with Gasteiger partial charge in [-0.2, -0.15) is 0 Å². The number of aromatic hydroxyl groups is 1. The maximum atomic E-state index is 10.4. The first-order chi connectivity index (χ1) is 5.20. The number of carbonyl (C=O) groups is 1. The Labute approximate surface area is 64.2 Å². The molecule has 1 N–H and O–H groups in total. The van der Waals surface area contributed by atoms with E-state index in [0.717, 1.165) is 0 Å². The van der Waals surface area contributed by atoms with Crippen molar-refractivity contribution < 1.29 is 14.6 Å². The van der Waals surface area contributed by atoms with Crippen LogP contribution in [0.25, 0.3) is 0 Å². The Balaban J connectivity index is 2.86. The molecule has 1 aromatic rings. The lowest BCUT2D eigenvalue weighted by molar-refractivity contribution is -0.132. The van der Waals surface area contributed by atoms with Crippen molar-refractivity contribution in [3.05, 3.63) is 24.3 Å². The Kier molecular flexibility index (Phi) is 2.11. The van der Waals surface area contributed by atoms with Gasteiger partial charge in [-0.1, -0.05) is 12.1 Å². The molecule has 0 aromatic heterocycles. The number of para-hydroxylation sites is 2. The minimum atomic E-state index is -0.438. The molecule has 0 aliphatic heterocycles. The predicted octanol–water partition coefficient (Wildman–Crippen LogP) is 1.32. The van der Waals surface area contributed by atoms with Crippen molar-refractivity contribution in [2.45, 2.75) is 6.92 Å². The predicted molar refractivity (Wildman–Crippen MR) is 39.4 cm³/mol. The summed E-state index contributed by atoms with van der Waals surface area (Å²) in [6.07, 6.45) is 0. The van der Waals surface area contributed by atoms with E-state index < -0.39 is 5.97 Å². The van der Waals surface area contributed by atoms with Gasteiger partial charge in [0.25, 0.3) is 0 Å². The molecule has 0 amide bonds. The van der Waals surface area contributed by atoms with E-state index in [-0.39, 0.29) is 11.5 Å². The zero-order valence-corrected chi connectivity index (χ0v) is 6.07. The normalized spacial score (nSPS) is 9.18. The van der Waals surface area contributed by atoms with Gasteiger partial charge in [0, 0.05) is 6.92 Å². The first kappa shape index (κ1) is 7.60. The molecule has 0 radical (unpaired) electrons. The standard InChI is InChI=1S/C8H8O3/c1-6(9)11-8-5-3-2-4-7(8)10/h2-5,10H,1H3. The van der Waals surface area contributed by atoms with E-state index in [9.17, 15) is 4.79 Å². The SMILES string of the molecule is CC(=O)Oc1ccccc1O. The molecule has 3 heteroatoms. The lowest BCUT2D eigenvalue weighted by Gasteiger charge is -2.01. The molecule has 0 heterocycles. The summed E-state index contributed by atoms with van der Waals surface area (Å²) >= 11 is 0. The Hall–Kier alpha value is -1.51. The second-order valence-corrected chi connectivity index (χ2v) is 2.06. The summed E-state index contributed by atoms with van der Waals surface area (Å²) in [4.78, 5) is 10.4. The average molecular weight is 152 g/mol. The second kappa shape index (κ2) is 3.05. The fourth-order valence-electron chi connectivity index (χ4n) is 0.698. The highest BCUT2D eigenvalue weighted by atomic mass is 16.5. The van der Waals surface area contributed by atoms with Gasteiger partial charge in [-0.05, 0) is 12.1 Å². The van der Waals surface area contributed by atoms with Crippen molar-refractivity contribution in [3.8, 4) is 11.5 Å². The van der Waals surface area contributed by atoms with Gasteiger partial charge < -0.3 is 9.84 Å². The number of phenolic OH excluding ortho intramolecular Hbond substituents is 1. The van der Waals surface area contributed by atoms with Gasteiger partial charge in [0.1, 0.15) is 0 Å². The monoisotopic (exact) mass is 152 g/mol. The summed E-state index contributed by atoms with van der Waals surface area (Å²) < 4.78 is 4.66. The van der Waals surface area contributed by atoms with Gasteiger partial charge in [0.15, 0.2) is 11.5 Å². The molecular formula is C8H8O3. The first-order valence-corrected chi connectivity index (χ1v) is 3.16. The van der Waals surface area contributed by atoms with Crippen LogP contribution in [0.4, 0.5) is 0 Å². The number of hydrogen-bond acceptors (Lipinski definition) is 3. The van der Waals surface area contributed by atoms with Crippen LogP contribution in [0.1, 0.15) is 6.92 Å². The Morgan fingerprint density at radius 1 is 1.45 bits per heavy atom. The molecule has 0 atom stereocenters. The lowest BCUT2D eigenvalue weighted by atomic mass is 10.3. The van der Waals surface area contributed by atoms with Crippen LogP contribution < -0.4 is 4.74 Å². The van der Waals surface area contributed by atoms with Gasteiger partial charge in [-0.25, -0.2) is 0 Å².